The summed E-state index contributed by atoms with van der Waals surface area (Å²) in [6.45, 7) is 3.36. The van der Waals surface area contributed by atoms with Crippen molar-refractivity contribution in [1.29, 1.82) is 0 Å². The van der Waals surface area contributed by atoms with Crippen molar-refractivity contribution < 1.29 is 17.9 Å². The van der Waals surface area contributed by atoms with E-state index >= 15 is 0 Å². The van der Waals surface area contributed by atoms with Crippen LogP contribution in [0.15, 0.2) is 34.1 Å². The Morgan fingerprint density at radius 2 is 1.87 bits per heavy atom. The van der Waals surface area contributed by atoms with E-state index in [1.807, 2.05) is 0 Å². The number of rotatable bonds is 4. The summed E-state index contributed by atoms with van der Waals surface area (Å²) in [4.78, 5) is 26.2. The Morgan fingerprint density at radius 3 is 2.58 bits per heavy atom. The molecule has 0 spiro atoms. The second kappa shape index (κ2) is 8.72. The van der Waals surface area contributed by atoms with Crippen LogP contribution in [0.25, 0.3) is 10.9 Å². The smallest absolute Gasteiger partial charge is 0.256 e. The minimum atomic E-state index is -3.74. The van der Waals surface area contributed by atoms with Gasteiger partial charge in [0.2, 0.25) is 15.5 Å². The van der Waals surface area contributed by atoms with Gasteiger partial charge in [-0.1, -0.05) is 19.8 Å². The number of aryl methyl sites for hydroxylation is 1. The molecule has 1 saturated carbocycles. The largest absolute Gasteiger partial charge is 0.379 e. The number of amides is 1. The fraction of sp³-hybridized carbons (Fsp3) is 0.545. The zero-order valence-corrected chi connectivity index (χ0v) is 18.8. The van der Waals surface area contributed by atoms with E-state index in [-0.39, 0.29) is 35.0 Å². The van der Waals surface area contributed by atoms with Crippen LogP contribution in [0.1, 0.15) is 43.0 Å². The Kier molecular flexibility index (Phi) is 6.18. The first-order valence-corrected chi connectivity index (χ1v) is 12.2. The Bertz CT molecular complexity index is 1150. The van der Waals surface area contributed by atoms with Crippen molar-refractivity contribution in [1.82, 2.24) is 14.2 Å². The highest BCUT2D eigenvalue weighted by Gasteiger charge is 2.28. The third-order valence-electron chi connectivity index (χ3n) is 6.44. The standard InChI is InChI=1S/C22H29N3O5S/c1-15-5-3-4-6-19(15)23-22(27)18-14-24(2)20-8-7-16(13-17(20)21(18)26)31(28,29)25-9-11-30-12-10-25/h7-8,13-15,19H,3-6,9-12H2,1-2H3,(H,23,27)/t15-,19+/m1/s1. The molecule has 1 amide bonds. The van der Waals surface area contributed by atoms with Crippen LogP contribution in [0.3, 0.4) is 0 Å². The van der Waals surface area contributed by atoms with E-state index in [1.54, 1.807) is 17.7 Å². The van der Waals surface area contributed by atoms with E-state index in [2.05, 4.69) is 12.2 Å². The van der Waals surface area contributed by atoms with Gasteiger partial charge in [0, 0.05) is 37.8 Å². The first-order chi connectivity index (χ1) is 14.8. The quantitative estimate of drug-likeness (QED) is 0.772. The van der Waals surface area contributed by atoms with Crippen molar-refractivity contribution in [2.75, 3.05) is 26.3 Å². The first kappa shape index (κ1) is 22.0. The van der Waals surface area contributed by atoms with E-state index in [4.69, 9.17) is 4.74 Å². The lowest BCUT2D eigenvalue weighted by Gasteiger charge is -2.29. The number of ether oxygens (including phenoxy) is 1. The molecule has 4 rings (SSSR count). The summed E-state index contributed by atoms with van der Waals surface area (Å²) in [7, 11) is -1.99. The summed E-state index contributed by atoms with van der Waals surface area (Å²) in [5.41, 5.74) is 0.162. The fourth-order valence-corrected chi connectivity index (χ4v) is 5.94. The predicted molar refractivity (Wildman–Crippen MR) is 118 cm³/mol. The molecule has 2 fully saturated rings. The van der Waals surface area contributed by atoms with Crippen LogP contribution < -0.4 is 10.7 Å². The molecule has 1 aliphatic heterocycles. The van der Waals surface area contributed by atoms with Gasteiger partial charge in [0.05, 0.1) is 23.6 Å². The SMILES string of the molecule is C[C@@H]1CCCC[C@@H]1NC(=O)c1cn(C)c2ccc(S(=O)(=O)N3CCOCC3)cc2c1=O. The highest BCUT2D eigenvalue weighted by Crippen LogP contribution is 2.24. The molecule has 1 aliphatic carbocycles. The minimum Gasteiger partial charge on any atom is -0.379 e. The minimum absolute atomic E-state index is 0.0358. The number of nitrogens with one attached hydrogen (secondary N) is 1. The van der Waals surface area contributed by atoms with Crippen molar-refractivity contribution >= 4 is 26.8 Å². The first-order valence-electron chi connectivity index (χ1n) is 10.8. The van der Waals surface area contributed by atoms with Gasteiger partial charge in [-0.05, 0) is 37.0 Å². The van der Waals surface area contributed by atoms with Crippen LogP contribution in [0, 0.1) is 5.92 Å². The van der Waals surface area contributed by atoms with E-state index in [9.17, 15) is 18.0 Å². The third kappa shape index (κ3) is 4.26. The number of aromatic nitrogens is 1. The van der Waals surface area contributed by atoms with Crippen molar-refractivity contribution in [3.8, 4) is 0 Å². The molecule has 8 nitrogen and oxygen atoms in total. The Balaban J connectivity index is 1.71. The molecule has 9 heteroatoms. The number of hydrogen-bond donors (Lipinski definition) is 1. The maximum Gasteiger partial charge on any atom is 0.256 e. The number of morpholine rings is 1. The summed E-state index contributed by atoms with van der Waals surface area (Å²) < 4.78 is 34.4. The van der Waals surface area contributed by atoms with Gasteiger partial charge in [0.15, 0.2) is 0 Å². The molecule has 31 heavy (non-hydrogen) atoms. The van der Waals surface area contributed by atoms with E-state index in [0.717, 1.165) is 25.7 Å². The Labute approximate surface area is 182 Å². The van der Waals surface area contributed by atoms with Gasteiger partial charge in [-0.15, -0.1) is 0 Å². The molecule has 1 aromatic carbocycles. The molecular formula is C22H29N3O5S. The van der Waals surface area contributed by atoms with Gasteiger partial charge in [0.1, 0.15) is 5.56 Å². The monoisotopic (exact) mass is 447 g/mol. The summed E-state index contributed by atoms with van der Waals surface area (Å²) >= 11 is 0. The Hall–Kier alpha value is -2.23. The molecule has 1 N–H and O–H groups in total. The molecular weight excluding hydrogens is 418 g/mol. The number of hydrogen-bond acceptors (Lipinski definition) is 5. The normalized spacial score (nSPS) is 23.0. The molecule has 2 aliphatic rings. The second-order valence-electron chi connectivity index (χ2n) is 8.52. The molecule has 168 valence electrons. The van der Waals surface area contributed by atoms with Crippen molar-refractivity contribution in [2.45, 2.75) is 43.5 Å². The van der Waals surface area contributed by atoms with Crippen LogP contribution in [0.4, 0.5) is 0 Å². The lowest BCUT2D eigenvalue weighted by molar-refractivity contribution is 0.0730. The maximum atomic E-state index is 13.2. The predicted octanol–water partition coefficient (Wildman–Crippen LogP) is 1.87. The average molecular weight is 448 g/mol. The molecule has 2 aromatic rings. The second-order valence-corrected chi connectivity index (χ2v) is 10.5. The molecule has 0 radical (unpaired) electrons. The van der Waals surface area contributed by atoms with Crippen LogP contribution in [0.2, 0.25) is 0 Å². The summed E-state index contributed by atoms with van der Waals surface area (Å²) in [5.74, 6) is -0.0324. The number of fused-ring (bicyclic) bond motifs is 1. The van der Waals surface area contributed by atoms with Gasteiger partial charge in [0.25, 0.3) is 5.91 Å². The number of sulfonamides is 1. The number of nitrogens with zero attached hydrogens (tertiary/aromatic N) is 2. The zero-order chi connectivity index (χ0) is 22.2. The average Bonchev–Trinajstić information content (AvgIpc) is 2.78. The van der Waals surface area contributed by atoms with Gasteiger partial charge in [-0.25, -0.2) is 8.42 Å². The number of carbonyl (C=O) groups is 1. The fourth-order valence-electron chi connectivity index (χ4n) is 4.51. The topological polar surface area (TPSA) is 97.7 Å². The van der Waals surface area contributed by atoms with Crippen molar-refractivity contribution in [3.63, 3.8) is 0 Å². The van der Waals surface area contributed by atoms with Crippen LogP contribution in [-0.2, 0) is 21.8 Å². The van der Waals surface area contributed by atoms with E-state index < -0.39 is 21.4 Å². The van der Waals surface area contributed by atoms with Crippen molar-refractivity contribution in [3.05, 3.63) is 40.2 Å². The molecule has 0 unspecified atom stereocenters. The highest BCUT2D eigenvalue weighted by molar-refractivity contribution is 7.89. The zero-order valence-electron chi connectivity index (χ0n) is 18.0. The van der Waals surface area contributed by atoms with Gasteiger partial charge < -0.3 is 14.6 Å². The molecule has 2 atom stereocenters. The number of benzene rings is 1. The maximum absolute atomic E-state index is 13.2. The van der Waals surface area contributed by atoms with Gasteiger partial charge in [-0.2, -0.15) is 4.31 Å². The summed E-state index contributed by atoms with van der Waals surface area (Å²) in [6, 6.07) is 4.57. The Morgan fingerprint density at radius 1 is 1.16 bits per heavy atom. The number of carbonyl (C=O) groups excluding carboxylic acids is 1. The van der Waals surface area contributed by atoms with E-state index in [0.29, 0.717) is 24.6 Å². The molecule has 1 aromatic heterocycles. The lowest BCUT2D eigenvalue weighted by Crippen LogP contribution is -2.42. The number of pyridine rings is 1. The molecule has 0 bridgehead atoms. The van der Waals surface area contributed by atoms with Crippen molar-refractivity contribution in [2.24, 2.45) is 13.0 Å². The van der Waals surface area contributed by atoms with E-state index in [1.165, 1.54) is 22.6 Å². The summed E-state index contributed by atoms with van der Waals surface area (Å²) in [5, 5.41) is 3.24. The molecule has 2 heterocycles. The third-order valence-corrected chi connectivity index (χ3v) is 8.34. The van der Waals surface area contributed by atoms with Gasteiger partial charge >= 0.3 is 0 Å². The summed E-state index contributed by atoms with van der Waals surface area (Å²) in [6.07, 6.45) is 5.72. The molecule has 1 saturated heterocycles. The lowest BCUT2D eigenvalue weighted by atomic mass is 9.86. The van der Waals surface area contributed by atoms with Gasteiger partial charge in [-0.3, -0.25) is 9.59 Å². The van der Waals surface area contributed by atoms with Crippen LogP contribution in [0.5, 0.6) is 0 Å². The van der Waals surface area contributed by atoms with Crippen LogP contribution in [-0.4, -0.2) is 55.5 Å². The highest BCUT2D eigenvalue weighted by atomic mass is 32.2. The van der Waals surface area contributed by atoms with Crippen LogP contribution >= 0.6 is 0 Å².